The van der Waals surface area contributed by atoms with Crippen LogP contribution in [0.4, 0.5) is 0 Å². The fraction of sp³-hybridized carbons (Fsp3) is 0.968. The second kappa shape index (κ2) is 8.45. The second-order valence-electron chi connectivity index (χ2n) is 14.7. The minimum Gasteiger partial charge on any atom is -0.462 e. The monoisotopic (exact) mass is 486 g/mol. The number of rotatable bonds is 2. The molecule has 0 aromatic rings. The smallest absolute Gasteiger partial charge is 0.308 e. The summed E-state index contributed by atoms with van der Waals surface area (Å²) in [6, 6.07) is 0. The predicted molar refractivity (Wildman–Crippen MR) is 136 cm³/mol. The van der Waals surface area contributed by atoms with Gasteiger partial charge in [0.2, 0.25) is 0 Å². The molecule has 6 fully saturated rings. The third-order valence-electron chi connectivity index (χ3n) is 12.6. The van der Waals surface area contributed by atoms with E-state index in [2.05, 4.69) is 27.7 Å². The molecule has 4 aliphatic carbocycles. The lowest BCUT2D eigenvalue weighted by atomic mass is 9.44. The highest BCUT2D eigenvalue weighted by atomic mass is 16.7. The Balaban J connectivity index is 1.18. The van der Waals surface area contributed by atoms with Gasteiger partial charge >= 0.3 is 5.97 Å². The number of carbonyl (C=O) groups is 1. The summed E-state index contributed by atoms with van der Waals surface area (Å²) in [6.45, 7) is 14.8. The molecular weight excluding hydrogens is 436 g/mol. The first-order chi connectivity index (χ1) is 16.6. The van der Waals surface area contributed by atoms with Crippen LogP contribution in [0.25, 0.3) is 0 Å². The van der Waals surface area contributed by atoms with E-state index in [4.69, 9.17) is 14.2 Å². The molecule has 0 radical (unpaired) electrons. The van der Waals surface area contributed by atoms with E-state index in [-0.39, 0.29) is 23.8 Å². The summed E-state index contributed by atoms with van der Waals surface area (Å²) in [5.74, 6) is 4.66. The number of carbonyl (C=O) groups excluding carboxylic acids is 1. The molecule has 4 nitrogen and oxygen atoms in total. The SMILES string of the molecule is CC(C)C(=O)O[C@H]1CC[C@@]2(C)C(CCC3C2CC[C@@]2(C)C3CC3O[C@]4(CC[C@@H](C)CO4)[C@@H](C)C32)C1. The molecule has 2 heterocycles. The summed E-state index contributed by atoms with van der Waals surface area (Å²) in [4.78, 5) is 12.2. The standard InChI is InChI=1S/C31H50O4/c1-18(2)28(32)34-22-10-12-29(5)21(15-22)7-8-23-24(29)11-13-30(6)25(23)16-26-27(30)20(4)31(35-26)14-9-19(3)17-33-31/h18-27H,7-17H2,1-6H3/t19-,20+,21?,22+,23?,24?,25?,26?,27?,29+,30+,31-/m1/s1. The Bertz CT molecular complexity index is 830. The van der Waals surface area contributed by atoms with E-state index >= 15 is 0 Å². The van der Waals surface area contributed by atoms with Crippen molar-refractivity contribution in [2.24, 2.45) is 58.2 Å². The third kappa shape index (κ3) is 3.62. The minimum absolute atomic E-state index is 0.0125. The van der Waals surface area contributed by atoms with Crippen LogP contribution in [0, 0.1) is 58.2 Å². The average molecular weight is 487 g/mol. The van der Waals surface area contributed by atoms with Gasteiger partial charge < -0.3 is 14.2 Å². The van der Waals surface area contributed by atoms with Crippen LogP contribution in [0.15, 0.2) is 0 Å². The zero-order chi connectivity index (χ0) is 24.8. The summed E-state index contributed by atoms with van der Waals surface area (Å²) in [6.07, 6.45) is 12.9. The van der Waals surface area contributed by atoms with Crippen molar-refractivity contribution >= 4 is 5.97 Å². The van der Waals surface area contributed by atoms with E-state index in [0.29, 0.717) is 40.6 Å². The first-order valence-corrected chi connectivity index (χ1v) is 15.1. The normalized spacial score (nSPS) is 55.2. The molecule has 4 heteroatoms. The van der Waals surface area contributed by atoms with Crippen molar-refractivity contribution in [3.8, 4) is 0 Å². The minimum atomic E-state index is -0.303. The van der Waals surface area contributed by atoms with Crippen molar-refractivity contribution in [1.29, 1.82) is 0 Å². The highest BCUT2D eigenvalue weighted by Gasteiger charge is 2.69. The van der Waals surface area contributed by atoms with Crippen molar-refractivity contribution in [2.75, 3.05) is 6.61 Å². The van der Waals surface area contributed by atoms with E-state index < -0.39 is 0 Å². The molecule has 0 aromatic carbocycles. The Labute approximate surface area is 213 Å². The van der Waals surface area contributed by atoms with Crippen molar-refractivity contribution in [2.45, 2.75) is 124 Å². The molecule has 1 spiro atoms. The quantitative estimate of drug-likeness (QED) is 0.394. The van der Waals surface area contributed by atoms with Crippen molar-refractivity contribution in [3.05, 3.63) is 0 Å². The van der Waals surface area contributed by atoms with Gasteiger partial charge in [0.1, 0.15) is 6.10 Å². The molecule has 2 aliphatic heterocycles. The van der Waals surface area contributed by atoms with Crippen LogP contribution in [-0.2, 0) is 19.0 Å². The van der Waals surface area contributed by atoms with E-state index in [9.17, 15) is 4.79 Å². The molecule has 4 saturated carbocycles. The maximum absolute atomic E-state index is 12.2. The zero-order valence-corrected chi connectivity index (χ0v) is 23.2. The van der Waals surface area contributed by atoms with Gasteiger partial charge in [0.25, 0.3) is 0 Å². The van der Waals surface area contributed by atoms with Crippen LogP contribution in [0.2, 0.25) is 0 Å². The molecule has 0 N–H and O–H groups in total. The molecule has 2 saturated heterocycles. The highest BCUT2D eigenvalue weighted by molar-refractivity contribution is 5.71. The van der Waals surface area contributed by atoms with Gasteiger partial charge in [-0.3, -0.25) is 4.79 Å². The maximum Gasteiger partial charge on any atom is 0.308 e. The maximum atomic E-state index is 12.2. The fourth-order valence-corrected chi connectivity index (χ4v) is 10.6. The Kier molecular flexibility index (Phi) is 5.97. The molecule has 198 valence electrons. The van der Waals surface area contributed by atoms with Gasteiger partial charge in [-0.05, 0) is 104 Å². The molecule has 6 unspecified atom stereocenters. The van der Waals surface area contributed by atoms with Crippen LogP contribution in [0.5, 0.6) is 0 Å². The Hall–Kier alpha value is -0.610. The first-order valence-electron chi connectivity index (χ1n) is 15.1. The van der Waals surface area contributed by atoms with Gasteiger partial charge in [-0.2, -0.15) is 0 Å². The van der Waals surface area contributed by atoms with Crippen LogP contribution < -0.4 is 0 Å². The van der Waals surface area contributed by atoms with Gasteiger partial charge in [-0.15, -0.1) is 0 Å². The van der Waals surface area contributed by atoms with E-state index in [1.54, 1.807) is 0 Å². The lowest BCUT2D eigenvalue weighted by Crippen LogP contribution is -2.55. The molecule has 6 rings (SSSR count). The van der Waals surface area contributed by atoms with Crippen molar-refractivity contribution in [1.82, 2.24) is 0 Å². The second-order valence-corrected chi connectivity index (χ2v) is 14.7. The number of hydrogen-bond donors (Lipinski definition) is 0. The summed E-state index contributed by atoms with van der Waals surface area (Å²) in [5, 5.41) is 0. The summed E-state index contributed by atoms with van der Waals surface area (Å²) in [5.41, 5.74) is 0.813. The number of hydrogen-bond acceptors (Lipinski definition) is 4. The van der Waals surface area contributed by atoms with E-state index in [1.807, 2.05) is 13.8 Å². The number of ether oxygens (including phenoxy) is 3. The van der Waals surface area contributed by atoms with Crippen LogP contribution >= 0.6 is 0 Å². The Morgan fingerprint density at radius 3 is 2.40 bits per heavy atom. The lowest BCUT2D eigenvalue weighted by Gasteiger charge is -2.61. The molecule has 12 atom stereocenters. The Morgan fingerprint density at radius 1 is 0.914 bits per heavy atom. The van der Waals surface area contributed by atoms with Gasteiger partial charge in [-0.1, -0.05) is 41.5 Å². The molecular formula is C31H50O4. The van der Waals surface area contributed by atoms with Crippen LogP contribution in [-0.4, -0.2) is 30.6 Å². The molecule has 0 amide bonds. The Morgan fingerprint density at radius 2 is 1.69 bits per heavy atom. The highest BCUT2D eigenvalue weighted by Crippen LogP contribution is 2.71. The van der Waals surface area contributed by atoms with Crippen LogP contribution in [0.3, 0.4) is 0 Å². The van der Waals surface area contributed by atoms with Crippen molar-refractivity contribution in [3.63, 3.8) is 0 Å². The molecule has 35 heavy (non-hydrogen) atoms. The van der Waals surface area contributed by atoms with E-state index in [0.717, 1.165) is 43.6 Å². The molecule has 0 bridgehead atoms. The van der Waals surface area contributed by atoms with Gasteiger partial charge in [0.15, 0.2) is 5.79 Å². The summed E-state index contributed by atoms with van der Waals surface area (Å²) >= 11 is 0. The predicted octanol–water partition coefficient (Wildman–Crippen LogP) is 7.00. The third-order valence-corrected chi connectivity index (χ3v) is 12.6. The topological polar surface area (TPSA) is 44.8 Å². The van der Waals surface area contributed by atoms with Gasteiger partial charge in [0, 0.05) is 12.3 Å². The fourth-order valence-electron chi connectivity index (χ4n) is 10.6. The molecule has 0 aromatic heterocycles. The first kappa shape index (κ1) is 24.7. The van der Waals surface area contributed by atoms with Gasteiger partial charge in [-0.25, -0.2) is 0 Å². The average Bonchev–Trinajstić information content (AvgIpc) is 3.26. The number of fused-ring (bicyclic) bond motifs is 7. The summed E-state index contributed by atoms with van der Waals surface area (Å²) in [7, 11) is 0. The lowest BCUT2D eigenvalue weighted by molar-refractivity contribution is -0.273. The number of esters is 1. The van der Waals surface area contributed by atoms with Gasteiger partial charge in [0.05, 0.1) is 18.6 Å². The largest absolute Gasteiger partial charge is 0.462 e. The summed E-state index contributed by atoms with van der Waals surface area (Å²) < 4.78 is 19.4. The van der Waals surface area contributed by atoms with E-state index in [1.165, 1.54) is 44.9 Å². The van der Waals surface area contributed by atoms with Crippen LogP contribution in [0.1, 0.15) is 106 Å². The van der Waals surface area contributed by atoms with Crippen molar-refractivity contribution < 1.29 is 19.0 Å². The zero-order valence-electron chi connectivity index (χ0n) is 23.2. The molecule has 6 aliphatic rings.